The lowest BCUT2D eigenvalue weighted by Gasteiger charge is -2.26. The second-order valence-electron chi connectivity index (χ2n) is 4.86. The van der Waals surface area contributed by atoms with E-state index in [0.29, 0.717) is 17.8 Å². The Bertz CT molecular complexity index is 451. The van der Waals surface area contributed by atoms with Gasteiger partial charge >= 0.3 is 0 Å². The molecule has 4 nitrogen and oxygen atoms in total. The maximum absolute atomic E-state index is 9.10. The Morgan fingerprint density at radius 2 is 2.24 bits per heavy atom. The first-order valence-electron chi connectivity index (χ1n) is 6.23. The summed E-state index contributed by atoms with van der Waals surface area (Å²) in [5, 5.41) is 12.7. The quantitative estimate of drug-likeness (QED) is 0.786. The molecule has 2 unspecified atom stereocenters. The summed E-state index contributed by atoms with van der Waals surface area (Å²) in [5.41, 5.74) is 1.54. The summed E-state index contributed by atoms with van der Waals surface area (Å²) >= 11 is 0. The normalized spacial score (nSPS) is 27.6. The molecule has 0 saturated carbocycles. The van der Waals surface area contributed by atoms with Gasteiger partial charge in [0.25, 0.3) is 0 Å². The second kappa shape index (κ2) is 4.34. The molecule has 0 aliphatic carbocycles. The fourth-order valence-electron chi connectivity index (χ4n) is 2.90. The third kappa shape index (κ3) is 1.98. The molecular weight excluding hydrogens is 212 g/mol. The van der Waals surface area contributed by atoms with Gasteiger partial charge in [-0.1, -0.05) is 0 Å². The van der Waals surface area contributed by atoms with Gasteiger partial charge in [0.1, 0.15) is 6.07 Å². The Labute approximate surface area is 101 Å². The third-order valence-corrected chi connectivity index (χ3v) is 3.76. The highest BCUT2D eigenvalue weighted by atomic mass is 15.2. The molecule has 17 heavy (non-hydrogen) atoms. The number of nitrogens with one attached hydrogen (secondary N) is 1. The van der Waals surface area contributed by atoms with Gasteiger partial charge in [0, 0.05) is 31.4 Å². The molecule has 4 heteroatoms. The number of rotatable bonds is 1. The van der Waals surface area contributed by atoms with Crippen molar-refractivity contribution in [3.05, 3.63) is 24.0 Å². The number of fused-ring (bicyclic) bond motifs is 2. The zero-order valence-electron chi connectivity index (χ0n) is 9.76. The van der Waals surface area contributed by atoms with E-state index in [-0.39, 0.29) is 0 Å². The van der Waals surface area contributed by atoms with Crippen molar-refractivity contribution >= 4 is 5.69 Å². The summed E-state index contributed by atoms with van der Waals surface area (Å²) in [7, 11) is 0. The van der Waals surface area contributed by atoms with Gasteiger partial charge in [-0.15, -0.1) is 0 Å². The predicted octanol–water partition coefficient (Wildman–Crippen LogP) is 1.28. The fourth-order valence-corrected chi connectivity index (χ4v) is 2.90. The standard InChI is InChI=1S/C13H16N4/c14-8-12-13(2-1-6-15-12)17-7-5-10-3-4-11(9-17)16-10/h1-2,6,10-11,16H,3-5,7,9H2. The van der Waals surface area contributed by atoms with Crippen LogP contribution in [0.15, 0.2) is 18.3 Å². The Morgan fingerprint density at radius 1 is 1.35 bits per heavy atom. The van der Waals surface area contributed by atoms with E-state index in [0.717, 1.165) is 25.2 Å². The van der Waals surface area contributed by atoms with Gasteiger partial charge in [-0.25, -0.2) is 4.98 Å². The average molecular weight is 228 g/mol. The SMILES string of the molecule is N#Cc1ncccc1N1CCC2CCC(C1)N2. The smallest absolute Gasteiger partial charge is 0.163 e. The van der Waals surface area contributed by atoms with Crippen molar-refractivity contribution in [1.29, 1.82) is 5.26 Å². The molecule has 2 aliphatic rings. The number of anilines is 1. The highest BCUT2D eigenvalue weighted by Crippen LogP contribution is 2.25. The molecule has 3 rings (SSSR count). The van der Waals surface area contributed by atoms with E-state index in [4.69, 9.17) is 5.26 Å². The number of nitriles is 1. The van der Waals surface area contributed by atoms with Gasteiger partial charge in [-0.2, -0.15) is 5.26 Å². The van der Waals surface area contributed by atoms with E-state index >= 15 is 0 Å². The van der Waals surface area contributed by atoms with E-state index in [2.05, 4.69) is 21.3 Å². The second-order valence-corrected chi connectivity index (χ2v) is 4.86. The lowest BCUT2D eigenvalue weighted by Crippen LogP contribution is -2.35. The van der Waals surface area contributed by atoms with Crippen LogP contribution in [0.1, 0.15) is 25.0 Å². The van der Waals surface area contributed by atoms with Gasteiger partial charge in [-0.3, -0.25) is 0 Å². The summed E-state index contributed by atoms with van der Waals surface area (Å²) in [6.45, 7) is 2.02. The van der Waals surface area contributed by atoms with Gasteiger partial charge in [0.05, 0.1) is 5.69 Å². The average Bonchev–Trinajstić information content (AvgIpc) is 2.69. The minimum Gasteiger partial charge on any atom is -0.368 e. The molecule has 2 saturated heterocycles. The van der Waals surface area contributed by atoms with Crippen LogP contribution in [0, 0.1) is 11.3 Å². The van der Waals surface area contributed by atoms with Crippen molar-refractivity contribution in [1.82, 2.24) is 10.3 Å². The molecule has 0 spiro atoms. The van der Waals surface area contributed by atoms with Crippen LogP contribution in [0.2, 0.25) is 0 Å². The van der Waals surface area contributed by atoms with Crippen LogP contribution in [0.4, 0.5) is 5.69 Å². The predicted molar refractivity (Wildman–Crippen MR) is 65.7 cm³/mol. The van der Waals surface area contributed by atoms with Crippen molar-refractivity contribution in [3.63, 3.8) is 0 Å². The van der Waals surface area contributed by atoms with Crippen molar-refractivity contribution in [2.24, 2.45) is 0 Å². The fraction of sp³-hybridized carbons (Fsp3) is 0.538. The lowest BCUT2D eigenvalue weighted by molar-refractivity contribution is 0.563. The summed E-state index contributed by atoms with van der Waals surface area (Å²) in [5.74, 6) is 0. The maximum Gasteiger partial charge on any atom is 0.163 e. The molecule has 2 aliphatic heterocycles. The van der Waals surface area contributed by atoms with Gasteiger partial charge < -0.3 is 10.2 Å². The third-order valence-electron chi connectivity index (χ3n) is 3.76. The Morgan fingerprint density at radius 3 is 3.12 bits per heavy atom. The minimum atomic E-state index is 0.547. The van der Waals surface area contributed by atoms with Gasteiger partial charge in [0.15, 0.2) is 5.69 Å². The van der Waals surface area contributed by atoms with E-state index in [1.54, 1.807) is 6.20 Å². The van der Waals surface area contributed by atoms with Crippen LogP contribution in [0.25, 0.3) is 0 Å². The topological polar surface area (TPSA) is 52.0 Å². The molecule has 1 aromatic heterocycles. The highest BCUT2D eigenvalue weighted by Gasteiger charge is 2.29. The maximum atomic E-state index is 9.10. The number of pyridine rings is 1. The van der Waals surface area contributed by atoms with Crippen molar-refractivity contribution < 1.29 is 0 Å². The molecular formula is C13H16N4. The van der Waals surface area contributed by atoms with Crippen LogP contribution < -0.4 is 10.2 Å². The van der Waals surface area contributed by atoms with Crippen LogP contribution in [0.5, 0.6) is 0 Å². The molecule has 1 aromatic rings. The first kappa shape index (κ1) is 10.5. The lowest BCUT2D eigenvalue weighted by atomic mass is 10.1. The van der Waals surface area contributed by atoms with Crippen molar-refractivity contribution in [2.75, 3.05) is 18.0 Å². The van der Waals surface area contributed by atoms with Crippen molar-refractivity contribution in [3.8, 4) is 6.07 Å². The zero-order chi connectivity index (χ0) is 11.7. The number of hydrogen-bond donors (Lipinski definition) is 1. The Balaban J connectivity index is 1.86. The summed E-state index contributed by atoms with van der Waals surface area (Å²) in [6.07, 6.45) is 5.40. The van der Waals surface area contributed by atoms with Gasteiger partial charge in [-0.05, 0) is 31.4 Å². The van der Waals surface area contributed by atoms with Crippen molar-refractivity contribution in [2.45, 2.75) is 31.3 Å². The van der Waals surface area contributed by atoms with E-state index < -0.39 is 0 Å². The molecule has 3 heterocycles. The van der Waals surface area contributed by atoms with E-state index in [1.807, 2.05) is 12.1 Å². The first-order valence-corrected chi connectivity index (χ1v) is 6.23. The summed E-state index contributed by atoms with van der Waals surface area (Å²) in [4.78, 5) is 6.45. The largest absolute Gasteiger partial charge is 0.368 e. The van der Waals surface area contributed by atoms with E-state index in [9.17, 15) is 0 Å². The number of nitrogens with zero attached hydrogens (tertiary/aromatic N) is 3. The molecule has 0 radical (unpaired) electrons. The van der Waals surface area contributed by atoms with Crippen LogP contribution in [-0.2, 0) is 0 Å². The number of hydrogen-bond acceptors (Lipinski definition) is 4. The first-order chi connectivity index (χ1) is 8.36. The van der Waals surface area contributed by atoms with Crippen LogP contribution in [-0.4, -0.2) is 30.2 Å². The molecule has 2 atom stereocenters. The summed E-state index contributed by atoms with van der Waals surface area (Å²) < 4.78 is 0. The molecule has 1 N–H and O–H groups in total. The molecule has 2 fully saturated rings. The molecule has 2 bridgehead atoms. The Kier molecular flexibility index (Phi) is 2.69. The Hall–Kier alpha value is -1.60. The van der Waals surface area contributed by atoms with E-state index in [1.165, 1.54) is 12.8 Å². The monoisotopic (exact) mass is 228 g/mol. The zero-order valence-corrected chi connectivity index (χ0v) is 9.76. The van der Waals surface area contributed by atoms with Gasteiger partial charge in [0.2, 0.25) is 0 Å². The minimum absolute atomic E-state index is 0.547. The van der Waals surface area contributed by atoms with Crippen LogP contribution >= 0.6 is 0 Å². The highest BCUT2D eigenvalue weighted by molar-refractivity contribution is 5.56. The number of aromatic nitrogens is 1. The van der Waals surface area contributed by atoms with Crippen LogP contribution in [0.3, 0.4) is 0 Å². The molecule has 0 aromatic carbocycles. The summed E-state index contributed by atoms with van der Waals surface area (Å²) in [6, 6.07) is 7.35. The molecule has 88 valence electrons. The molecule has 0 amide bonds.